The molecule has 4 heteroatoms. The Morgan fingerprint density at radius 1 is 1.32 bits per heavy atom. The lowest BCUT2D eigenvalue weighted by Gasteiger charge is -2.38. The van der Waals surface area contributed by atoms with E-state index in [9.17, 15) is 4.79 Å². The van der Waals surface area contributed by atoms with Gasteiger partial charge in [0.2, 0.25) is 6.54 Å². The third-order valence-corrected chi connectivity index (χ3v) is 6.36. The molecule has 1 heterocycles. The molecule has 1 aromatic rings. The van der Waals surface area contributed by atoms with Gasteiger partial charge in [0.25, 0.3) is 0 Å². The van der Waals surface area contributed by atoms with Gasteiger partial charge in [0.1, 0.15) is 6.10 Å². The highest BCUT2D eigenvalue weighted by atomic mass is 35.5. The number of hydrogen-bond donors (Lipinski definition) is 0. The van der Waals surface area contributed by atoms with Gasteiger partial charge in [-0.1, -0.05) is 20.8 Å². The van der Waals surface area contributed by atoms with Crippen molar-refractivity contribution < 1.29 is 26.5 Å². The molecule has 2 bridgehead atoms. The van der Waals surface area contributed by atoms with E-state index in [-0.39, 0.29) is 35.3 Å². The van der Waals surface area contributed by atoms with Crippen LogP contribution in [0.15, 0.2) is 24.5 Å². The molecule has 22 heavy (non-hydrogen) atoms. The maximum absolute atomic E-state index is 12.2. The molecule has 0 saturated heterocycles. The van der Waals surface area contributed by atoms with Crippen LogP contribution in [0.25, 0.3) is 0 Å². The summed E-state index contributed by atoms with van der Waals surface area (Å²) >= 11 is 0. The molecule has 0 spiro atoms. The first-order valence-corrected chi connectivity index (χ1v) is 7.98. The third-order valence-electron chi connectivity index (χ3n) is 6.36. The number of pyridine rings is 1. The van der Waals surface area contributed by atoms with Gasteiger partial charge in [-0.25, -0.2) is 4.79 Å². The number of ether oxygens (including phenoxy) is 1. The maximum Gasteiger partial charge on any atom is 0.372 e. The Bertz CT molecular complexity index is 555. The van der Waals surface area contributed by atoms with Crippen molar-refractivity contribution >= 4 is 5.97 Å². The first-order chi connectivity index (χ1) is 9.83. The van der Waals surface area contributed by atoms with E-state index in [2.05, 4.69) is 20.8 Å². The normalized spacial score (nSPS) is 31.6. The van der Waals surface area contributed by atoms with Crippen molar-refractivity contribution in [3.63, 3.8) is 0 Å². The molecule has 0 amide bonds. The van der Waals surface area contributed by atoms with Crippen molar-refractivity contribution in [2.24, 2.45) is 16.7 Å². The number of carbonyl (C=O) groups excluding carboxylic acids is 1. The highest BCUT2D eigenvalue weighted by Gasteiger charge is 2.62. The summed E-state index contributed by atoms with van der Waals surface area (Å²) in [6, 6.07) is 4.02. The Balaban J connectivity index is 0.00000176. The second-order valence-electron chi connectivity index (χ2n) is 7.64. The van der Waals surface area contributed by atoms with Crippen LogP contribution >= 0.6 is 0 Å². The number of esters is 1. The summed E-state index contributed by atoms with van der Waals surface area (Å²) in [6.07, 6.45) is 7.45. The summed E-state index contributed by atoms with van der Waals surface area (Å²) in [6.45, 7) is 9.33. The molecule has 0 N–H and O–H groups in total. The van der Waals surface area contributed by atoms with Crippen LogP contribution in [-0.2, 0) is 16.1 Å². The number of fused-ring (bicyclic) bond motifs is 2. The number of hydrogen-bond acceptors (Lipinski definition) is 2. The van der Waals surface area contributed by atoms with Crippen molar-refractivity contribution in [1.29, 1.82) is 0 Å². The highest BCUT2D eigenvalue weighted by molar-refractivity contribution is 5.68. The summed E-state index contributed by atoms with van der Waals surface area (Å²) < 4.78 is 7.74. The van der Waals surface area contributed by atoms with Crippen molar-refractivity contribution in [1.82, 2.24) is 0 Å². The molecule has 2 aliphatic carbocycles. The van der Waals surface area contributed by atoms with Crippen molar-refractivity contribution in [3.8, 4) is 0 Å². The molecule has 3 atom stereocenters. The van der Waals surface area contributed by atoms with Crippen LogP contribution in [0.4, 0.5) is 0 Å². The smallest absolute Gasteiger partial charge is 0.372 e. The molecule has 0 radical (unpaired) electrons. The van der Waals surface area contributed by atoms with Crippen molar-refractivity contribution in [3.05, 3.63) is 30.1 Å². The Hall–Kier alpha value is -1.09. The lowest BCUT2D eigenvalue weighted by Crippen LogP contribution is -3.00. The molecule has 0 aromatic carbocycles. The number of nitrogens with zero attached hydrogens (tertiary/aromatic N) is 1. The number of aryl methyl sites for hydroxylation is 1. The van der Waals surface area contributed by atoms with Gasteiger partial charge in [0.15, 0.2) is 12.4 Å². The molecule has 1 aromatic heterocycles. The molecule has 3 unspecified atom stereocenters. The van der Waals surface area contributed by atoms with Crippen LogP contribution in [0.5, 0.6) is 0 Å². The first-order valence-electron chi connectivity index (χ1n) is 7.98. The Kier molecular flexibility index (Phi) is 4.59. The lowest BCUT2D eigenvalue weighted by atomic mass is 9.70. The predicted octanol–water partition coefficient (Wildman–Crippen LogP) is 0.0445. The lowest BCUT2D eigenvalue weighted by molar-refractivity contribution is -0.686. The van der Waals surface area contributed by atoms with Gasteiger partial charge < -0.3 is 17.1 Å². The fraction of sp³-hybridized carbons (Fsp3) is 0.667. The average Bonchev–Trinajstić information content (AvgIpc) is 2.74. The average molecular weight is 324 g/mol. The third kappa shape index (κ3) is 2.64. The quantitative estimate of drug-likeness (QED) is 0.581. The van der Waals surface area contributed by atoms with E-state index in [1.165, 1.54) is 18.4 Å². The van der Waals surface area contributed by atoms with E-state index in [0.29, 0.717) is 12.5 Å². The van der Waals surface area contributed by atoms with Gasteiger partial charge in [0.05, 0.1) is 0 Å². The standard InChI is InChI=1S/C18H26NO2.ClH/c1-13-6-9-19(10-7-13)12-16(20)21-15-11-14-5-8-18(15,4)17(14,2)3;/h6-7,9-10,14-15H,5,8,11-12H2,1-4H3;1H/q+1;/p-1. The van der Waals surface area contributed by atoms with Gasteiger partial charge >= 0.3 is 5.97 Å². The molecule has 3 rings (SSSR count). The Morgan fingerprint density at radius 3 is 2.45 bits per heavy atom. The molecule has 3 nitrogen and oxygen atoms in total. The number of rotatable bonds is 3. The number of aromatic nitrogens is 1. The second-order valence-corrected chi connectivity index (χ2v) is 7.64. The molecule has 122 valence electrons. The molecule has 2 saturated carbocycles. The highest BCUT2D eigenvalue weighted by Crippen LogP contribution is 2.66. The molecule has 0 aliphatic heterocycles. The zero-order chi connectivity index (χ0) is 15.3. The Morgan fingerprint density at radius 2 is 1.95 bits per heavy atom. The van der Waals surface area contributed by atoms with Gasteiger partial charge in [-0.3, -0.25) is 0 Å². The predicted molar refractivity (Wildman–Crippen MR) is 80.5 cm³/mol. The van der Waals surface area contributed by atoms with Gasteiger partial charge in [-0.05, 0) is 43.1 Å². The van der Waals surface area contributed by atoms with Crippen LogP contribution in [0.2, 0.25) is 0 Å². The summed E-state index contributed by atoms with van der Waals surface area (Å²) in [4.78, 5) is 12.2. The van der Waals surface area contributed by atoms with E-state index in [1.54, 1.807) is 0 Å². The summed E-state index contributed by atoms with van der Waals surface area (Å²) in [5.41, 5.74) is 1.63. The monoisotopic (exact) mass is 323 g/mol. The van der Waals surface area contributed by atoms with Gasteiger partial charge in [-0.2, -0.15) is 4.57 Å². The molecular formula is C18H26ClNO2. The van der Waals surface area contributed by atoms with Gasteiger partial charge in [0, 0.05) is 17.5 Å². The Labute approximate surface area is 139 Å². The fourth-order valence-electron chi connectivity index (χ4n) is 4.29. The van der Waals surface area contributed by atoms with Crippen LogP contribution in [0.1, 0.15) is 45.6 Å². The zero-order valence-corrected chi connectivity index (χ0v) is 14.7. The molecular weight excluding hydrogens is 298 g/mol. The van der Waals surface area contributed by atoms with Gasteiger partial charge in [-0.15, -0.1) is 0 Å². The van der Waals surface area contributed by atoms with E-state index in [0.717, 1.165) is 6.42 Å². The van der Waals surface area contributed by atoms with E-state index < -0.39 is 0 Å². The topological polar surface area (TPSA) is 30.2 Å². The largest absolute Gasteiger partial charge is 1.00 e. The molecule has 2 fully saturated rings. The maximum atomic E-state index is 12.2. The fourth-order valence-corrected chi connectivity index (χ4v) is 4.29. The molecule has 2 aliphatic rings. The van der Waals surface area contributed by atoms with E-state index >= 15 is 0 Å². The van der Waals surface area contributed by atoms with E-state index in [1.807, 2.05) is 36.0 Å². The van der Waals surface area contributed by atoms with Crippen LogP contribution in [0.3, 0.4) is 0 Å². The minimum atomic E-state index is -0.113. The summed E-state index contributed by atoms with van der Waals surface area (Å²) in [7, 11) is 0. The van der Waals surface area contributed by atoms with E-state index in [4.69, 9.17) is 4.74 Å². The summed E-state index contributed by atoms with van der Waals surface area (Å²) in [5, 5.41) is 0. The van der Waals surface area contributed by atoms with Crippen LogP contribution < -0.4 is 17.0 Å². The zero-order valence-electron chi connectivity index (χ0n) is 13.9. The number of carbonyl (C=O) groups is 1. The minimum absolute atomic E-state index is 0. The van der Waals surface area contributed by atoms with Crippen molar-refractivity contribution in [2.45, 2.75) is 59.6 Å². The van der Waals surface area contributed by atoms with Crippen LogP contribution in [-0.4, -0.2) is 12.1 Å². The van der Waals surface area contributed by atoms with Crippen molar-refractivity contribution in [2.75, 3.05) is 0 Å². The van der Waals surface area contributed by atoms with Crippen LogP contribution in [0, 0.1) is 23.7 Å². The first kappa shape index (κ1) is 17.3. The minimum Gasteiger partial charge on any atom is -1.00 e. The number of halogens is 1. The summed E-state index contributed by atoms with van der Waals surface area (Å²) in [5.74, 6) is 0.589. The SMILES string of the molecule is Cc1cc[n+](CC(=O)OC2CC3CCC2(C)C3(C)C)cc1.[Cl-]. The second kappa shape index (κ2) is 5.84.